The summed E-state index contributed by atoms with van der Waals surface area (Å²) in [7, 11) is 1.77. The number of rotatable bonds is 7. The number of carbonyl (C=O) groups excluding carboxylic acids is 2. The minimum absolute atomic E-state index is 0.0265. The van der Waals surface area contributed by atoms with Crippen molar-refractivity contribution in [3.63, 3.8) is 0 Å². The lowest BCUT2D eigenvalue weighted by Crippen LogP contribution is -2.51. The van der Waals surface area contributed by atoms with Crippen molar-refractivity contribution in [2.75, 3.05) is 45.1 Å². The number of amides is 2. The van der Waals surface area contributed by atoms with E-state index in [0.717, 1.165) is 11.4 Å². The van der Waals surface area contributed by atoms with Gasteiger partial charge in [0.1, 0.15) is 11.5 Å². The Hall–Kier alpha value is -2.88. The highest BCUT2D eigenvalue weighted by molar-refractivity contribution is 7.14. The van der Waals surface area contributed by atoms with E-state index in [0.29, 0.717) is 55.1 Å². The van der Waals surface area contributed by atoms with Crippen molar-refractivity contribution in [3.8, 4) is 0 Å². The Labute approximate surface area is 195 Å². The Kier molecular flexibility index (Phi) is 7.09. The molecule has 10 heteroatoms. The van der Waals surface area contributed by atoms with Crippen LogP contribution in [0.15, 0.2) is 52.5 Å². The molecule has 1 N–H and O–H groups in total. The molecule has 32 heavy (non-hydrogen) atoms. The molecule has 0 saturated carbocycles. The third-order valence-electron chi connectivity index (χ3n) is 5.24. The minimum Gasteiger partial charge on any atom is -0.467 e. The second kappa shape index (κ2) is 10.2. The molecule has 0 radical (unpaired) electrons. The number of piperazine rings is 1. The number of anilines is 2. The van der Waals surface area contributed by atoms with Gasteiger partial charge in [0.05, 0.1) is 19.4 Å². The number of halogens is 1. The number of aromatic nitrogens is 1. The van der Waals surface area contributed by atoms with Gasteiger partial charge in [-0.25, -0.2) is 4.98 Å². The molecule has 168 valence electrons. The van der Waals surface area contributed by atoms with E-state index in [1.807, 2.05) is 24.3 Å². The van der Waals surface area contributed by atoms with E-state index in [-0.39, 0.29) is 11.8 Å². The van der Waals surface area contributed by atoms with Crippen LogP contribution < -0.4 is 5.32 Å². The van der Waals surface area contributed by atoms with Gasteiger partial charge in [-0.2, -0.15) is 0 Å². The van der Waals surface area contributed by atoms with Crippen LogP contribution >= 0.6 is 22.9 Å². The van der Waals surface area contributed by atoms with E-state index >= 15 is 0 Å². The van der Waals surface area contributed by atoms with Crippen LogP contribution in [-0.2, 0) is 11.3 Å². The van der Waals surface area contributed by atoms with Crippen LogP contribution in [0.3, 0.4) is 0 Å². The third kappa shape index (κ3) is 5.67. The summed E-state index contributed by atoms with van der Waals surface area (Å²) in [6, 6.07) is 11.0. The molecule has 1 fully saturated rings. The Bertz CT molecular complexity index is 1050. The highest BCUT2D eigenvalue weighted by Gasteiger charge is 2.25. The first-order valence-corrected chi connectivity index (χ1v) is 11.5. The maximum absolute atomic E-state index is 12.8. The highest BCUT2D eigenvalue weighted by Crippen LogP contribution is 2.23. The molecule has 0 unspecified atom stereocenters. The van der Waals surface area contributed by atoms with Crippen LogP contribution in [0.4, 0.5) is 10.8 Å². The summed E-state index contributed by atoms with van der Waals surface area (Å²) in [5.74, 6) is 0.689. The Morgan fingerprint density at radius 2 is 1.94 bits per heavy atom. The average molecular weight is 474 g/mol. The van der Waals surface area contributed by atoms with E-state index in [2.05, 4.69) is 15.2 Å². The number of nitrogens with zero attached hydrogens (tertiary/aromatic N) is 4. The zero-order valence-corrected chi connectivity index (χ0v) is 19.2. The molecule has 0 bridgehead atoms. The minimum atomic E-state index is -0.0914. The maximum Gasteiger partial charge on any atom is 0.273 e. The van der Waals surface area contributed by atoms with Crippen molar-refractivity contribution in [2.45, 2.75) is 6.54 Å². The number of thiazole rings is 1. The fourth-order valence-electron chi connectivity index (χ4n) is 3.39. The maximum atomic E-state index is 12.8. The summed E-state index contributed by atoms with van der Waals surface area (Å²) in [4.78, 5) is 35.3. The average Bonchev–Trinajstić information content (AvgIpc) is 3.47. The van der Waals surface area contributed by atoms with Crippen molar-refractivity contribution in [1.29, 1.82) is 0 Å². The second-order valence-electron chi connectivity index (χ2n) is 7.57. The van der Waals surface area contributed by atoms with E-state index in [1.165, 1.54) is 11.3 Å². The number of furan rings is 1. The van der Waals surface area contributed by atoms with Gasteiger partial charge < -0.3 is 19.5 Å². The lowest BCUT2D eigenvalue weighted by atomic mass is 10.2. The molecule has 0 spiro atoms. The van der Waals surface area contributed by atoms with E-state index in [1.54, 1.807) is 40.6 Å². The zero-order chi connectivity index (χ0) is 22.5. The lowest BCUT2D eigenvalue weighted by molar-refractivity contribution is -0.132. The SMILES string of the molecule is CN(Cc1ccco1)C(=O)CN1CCN(C(=O)c2csc(Nc3ccc(Cl)cc3)n2)CC1. The number of nitrogens with one attached hydrogen (secondary N) is 1. The van der Waals surface area contributed by atoms with Crippen molar-refractivity contribution in [2.24, 2.45) is 0 Å². The number of likely N-dealkylation sites (N-methyl/N-ethyl adjacent to an activating group) is 1. The fourth-order valence-corrected chi connectivity index (χ4v) is 4.22. The van der Waals surface area contributed by atoms with Crippen molar-refractivity contribution in [1.82, 2.24) is 19.7 Å². The summed E-state index contributed by atoms with van der Waals surface area (Å²) in [6.45, 7) is 3.18. The van der Waals surface area contributed by atoms with Gasteiger partial charge in [0, 0.05) is 49.3 Å². The fraction of sp³-hybridized carbons (Fsp3) is 0.318. The lowest BCUT2D eigenvalue weighted by Gasteiger charge is -2.34. The molecular formula is C22H24ClN5O3S. The Balaban J connectivity index is 1.25. The van der Waals surface area contributed by atoms with Gasteiger partial charge in [-0.15, -0.1) is 11.3 Å². The summed E-state index contributed by atoms with van der Waals surface area (Å²) in [5, 5.41) is 6.26. The van der Waals surface area contributed by atoms with Gasteiger partial charge >= 0.3 is 0 Å². The molecular weight excluding hydrogens is 450 g/mol. The largest absolute Gasteiger partial charge is 0.467 e. The summed E-state index contributed by atoms with van der Waals surface area (Å²) in [5.41, 5.74) is 1.28. The monoisotopic (exact) mass is 473 g/mol. The van der Waals surface area contributed by atoms with Crippen LogP contribution in [0, 0.1) is 0 Å². The number of carbonyl (C=O) groups is 2. The predicted molar refractivity (Wildman–Crippen MR) is 124 cm³/mol. The number of hydrogen-bond donors (Lipinski definition) is 1. The van der Waals surface area contributed by atoms with Gasteiger partial charge in [0.15, 0.2) is 5.13 Å². The van der Waals surface area contributed by atoms with Crippen LogP contribution in [0.1, 0.15) is 16.2 Å². The third-order valence-corrected chi connectivity index (χ3v) is 6.25. The molecule has 2 aromatic heterocycles. The summed E-state index contributed by atoms with van der Waals surface area (Å²) >= 11 is 7.29. The molecule has 1 saturated heterocycles. The van der Waals surface area contributed by atoms with E-state index in [4.69, 9.17) is 16.0 Å². The van der Waals surface area contributed by atoms with Gasteiger partial charge in [-0.05, 0) is 36.4 Å². The van der Waals surface area contributed by atoms with Crippen molar-refractivity contribution in [3.05, 3.63) is 64.5 Å². The predicted octanol–water partition coefficient (Wildman–Crippen LogP) is 3.55. The molecule has 1 aromatic carbocycles. The number of hydrogen-bond acceptors (Lipinski definition) is 7. The highest BCUT2D eigenvalue weighted by atomic mass is 35.5. The molecule has 4 rings (SSSR count). The number of benzene rings is 1. The first-order chi connectivity index (χ1) is 15.5. The molecule has 3 aromatic rings. The molecule has 0 aliphatic carbocycles. The van der Waals surface area contributed by atoms with Gasteiger partial charge in [0.25, 0.3) is 5.91 Å². The Morgan fingerprint density at radius 1 is 1.19 bits per heavy atom. The molecule has 1 aliphatic rings. The molecule has 8 nitrogen and oxygen atoms in total. The summed E-state index contributed by atoms with van der Waals surface area (Å²) in [6.07, 6.45) is 1.60. The van der Waals surface area contributed by atoms with Crippen molar-refractivity contribution < 1.29 is 14.0 Å². The van der Waals surface area contributed by atoms with Crippen LogP contribution in [0.2, 0.25) is 5.02 Å². The smallest absolute Gasteiger partial charge is 0.273 e. The van der Waals surface area contributed by atoms with Gasteiger partial charge in [-0.3, -0.25) is 14.5 Å². The quantitative estimate of drug-likeness (QED) is 0.565. The van der Waals surface area contributed by atoms with E-state index < -0.39 is 0 Å². The second-order valence-corrected chi connectivity index (χ2v) is 8.86. The van der Waals surface area contributed by atoms with Gasteiger partial charge in [0.2, 0.25) is 5.91 Å². The molecule has 0 atom stereocenters. The van der Waals surface area contributed by atoms with Crippen LogP contribution in [-0.4, -0.2) is 71.3 Å². The molecule has 2 amide bonds. The van der Waals surface area contributed by atoms with E-state index in [9.17, 15) is 9.59 Å². The first kappa shape index (κ1) is 22.3. The topological polar surface area (TPSA) is 81.9 Å². The van der Waals surface area contributed by atoms with Crippen LogP contribution in [0.5, 0.6) is 0 Å². The van der Waals surface area contributed by atoms with Gasteiger partial charge in [-0.1, -0.05) is 11.6 Å². The first-order valence-electron chi connectivity index (χ1n) is 10.2. The standard InChI is InChI=1S/C22H24ClN5O3S/c1-26(13-18-3-2-12-31-18)20(29)14-27-8-10-28(11-9-27)21(30)19-15-32-22(25-19)24-17-6-4-16(23)5-7-17/h2-7,12,15H,8-11,13-14H2,1H3,(H,24,25). The van der Waals surface area contributed by atoms with Crippen molar-refractivity contribution >= 4 is 45.6 Å². The normalized spacial score (nSPS) is 14.4. The molecule has 1 aliphatic heterocycles. The molecule has 3 heterocycles. The van der Waals surface area contributed by atoms with Crippen LogP contribution in [0.25, 0.3) is 0 Å². The Morgan fingerprint density at radius 3 is 2.62 bits per heavy atom. The zero-order valence-electron chi connectivity index (χ0n) is 17.7. The summed E-state index contributed by atoms with van der Waals surface area (Å²) < 4.78 is 5.30.